The third kappa shape index (κ3) is 5.25. The third-order valence-electron chi connectivity index (χ3n) is 4.19. The molecule has 0 saturated carbocycles. The van der Waals surface area contributed by atoms with Crippen LogP contribution < -0.4 is 10.5 Å². The molecule has 0 aliphatic carbocycles. The van der Waals surface area contributed by atoms with Crippen LogP contribution in [0.5, 0.6) is 5.75 Å². The number of nitrogens with zero attached hydrogens (tertiary/aromatic N) is 1. The van der Waals surface area contributed by atoms with Gasteiger partial charge in [0, 0.05) is 20.2 Å². The summed E-state index contributed by atoms with van der Waals surface area (Å²) in [5, 5.41) is 9.99. The van der Waals surface area contributed by atoms with Gasteiger partial charge in [0.1, 0.15) is 5.75 Å². The van der Waals surface area contributed by atoms with Crippen LogP contribution in [0.4, 0.5) is 0 Å². The minimum absolute atomic E-state index is 0.478. The predicted octanol–water partition coefficient (Wildman–Crippen LogP) is 1.76. The quantitative estimate of drug-likeness (QED) is 0.766. The fraction of sp³-hybridized carbons (Fsp3) is 0.647. The number of piperidine rings is 1. The van der Waals surface area contributed by atoms with Crippen molar-refractivity contribution in [1.82, 2.24) is 4.90 Å². The molecule has 1 aliphatic rings. The number of aliphatic hydroxyl groups is 1. The van der Waals surface area contributed by atoms with Crippen LogP contribution in [0.1, 0.15) is 30.9 Å². The highest BCUT2D eigenvalue weighted by Gasteiger charge is 2.19. The minimum Gasteiger partial charge on any atom is -0.493 e. The summed E-state index contributed by atoms with van der Waals surface area (Å²) < 4.78 is 11.1. The van der Waals surface area contributed by atoms with Crippen molar-refractivity contribution in [3.63, 3.8) is 0 Å². The SMILES string of the molecule is COCN1CCC(COc2cccc(C(O)CCN)c2)CC1. The van der Waals surface area contributed by atoms with E-state index < -0.39 is 6.10 Å². The zero-order valence-electron chi connectivity index (χ0n) is 13.4. The van der Waals surface area contributed by atoms with Gasteiger partial charge in [0.25, 0.3) is 0 Å². The molecule has 1 atom stereocenters. The third-order valence-corrected chi connectivity index (χ3v) is 4.19. The highest BCUT2D eigenvalue weighted by molar-refractivity contribution is 5.29. The molecule has 1 aliphatic heterocycles. The summed E-state index contributed by atoms with van der Waals surface area (Å²) in [5.41, 5.74) is 6.36. The Morgan fingerprint density at radius 1 is 1.36 bits per heavy atom. The second-order valence-electron chi connectivity index (χ2n) is 5.96. The molecule has 124 valence electrons. The van der Waals surface area contributed by atoms with Crippen LogP contribution >= 0.6 is 0 Å². The monoisotopic (exact) mass is 308 g/mol. The average Bonchev–Trinajstić information content (AvgIpc) is 2.55. The number of methoxy groups -OCH3 is 1. The molecule has 1 aromatic rings. The van der Waals surface area contributed by atoms with Crippen molar-refractivity contribution in [1.29, 1.82) is 0 Å². The molecule has 0 aromatic heterocycles. The highest BCUT2D eigenvalue weighted by Crippen LogP contribution is 2.23. The van der Waals surface area contributed by atoms with E-state index in [1.54, 1.807) is 7.11 Å². The maximum absolute atomic E-state index is 9.99. The highest BCUT2D eigenvalue weighted by atomic mass is 16.5. The maximum atomic E-state index is 9.99. The first-order valence-electron chi connectivity index (χ1n) is 8.05. The van der Waals surface area contributed by atoms with Gasteiger partial charge in [0.15, 0.2) is 0 Å². The Labute approximate surface area is 133 Å². The van der Waals surface area contributed by atoms with Gasteiger partial charge in [0.2, 0.25) is 0 Å². The average molecular weight is 308 g/mol. The van der Waals surface area contributed by atoms with E-state index in [0.29, 0.717) is 25.6 Å². The van der Waals surface area contributed by atoms with Crippen LogP contribution in [0, 0.1) is 5.92 Å². The van der Waals surface area contributed by atoms with Gasteiger partial charge in [0.05, 0.1) is 19.4 Å². The summed E-state index contributed by atoms with van der Waals surface area (Å²) >= 11 is 0. The Kier molecular flexibility index (Phi) is 7.12. The van der Waals surface area contributed by atoms with Crippen molar-refractivity contribution >= 4 is 0 Å². The van der Waals surface area contributed by atoms with Crippen molar-refractivity contribution in [2.75, 3.05) is 40.1 Å². The first-order chi connectivity index (χ1) is 10.7. The zero-order chi connectivity index (χ0) is 15.8. The first-order valence-corrected chi connectivity index (χ1v) is 8.05. The molecule has 0 bridgehead atoms. The van der Waals surface area contributed by atoms with E-state index in [9.17, 15) is 5.11 Å². The molecule has 1 unspecified atom stereocenters. The molecular weight excluding hydrogens is 280 g/mol. The van der Waals surface area contributed by atoms with Gasteiger partial charge in [-0.25, -0.2) is 0 Å². The number of rotatable bonds is 8. The van der Waals surface area contributed by atoms with Crippen molar-refractivity contribution < 1.29 is 14.6 Å². The Balaban J connectivity index is 1.78. The van der Waals surface area contributed by atoms with Gasteiger partial charge >= 0.3 is 0 Å². The lowest BCUT2D eigenvalue weighted by molar-refractivity contribution is 0.0329. The standard InChI is InChI=1S/C17H28N2O3/c1-21-13-19-9-6-14(7-10-19)12-22-16-4-2-3-15(11-16)17(20)5-8-18/h2-4,11,14,17,20H,5-10,12-13,18H2,1H3. The first kappa shape index (κ1) is 17.2. The van der Waals surface area contributed by atoms with E-state index in [1.807, 2.05) is 24.3 Å². The van der Waals surface area contributed by atoms with Crippen molar-refractivity contribution in [2.45, 2.75) is 25.4 Å². The van der Waals surface area contributed by atoms with Gasteiger partial charge < -0.3 is 20.3 Å². The second kappa shape index (κ2) is 9.10. The molecule has 0 spiro atoms. The van der Waals surface area contributed by atoms with Crippen LogP contribution in [0.25, 0.3) is 0 Å². The summed E-state index contributed by atoms with van der Waals surface area (Å²) in [6.45, 7) is 4.06. The number of nitrogens with two attached hydrogens (primary N) is 1. The number of hydrogen-bond donors (Lipinski definition) is 2. The smallest absolute Gasteiger partial charge is 0.119 e. The van der Waals surface area contributed by atoms with E-state index in [4.69, 9.17) is 15.2 Å². The topological polar surface area (TPSA) is 68.0 Å². The molecule has 1 heterocycles. The number of benzene rings is 1. The van der Waals surface area contributed by atoms with Crippen LogP contribution in [0.15, 0.2) is 24.3 Å². The molecule has 0 radical (unpaired) electrons. The van der Waals surface area contributed by atoms with Gasteiger partial charge in [-0.1, -0.05) is 12.1 Å². The van der Waals surface area contributed by atoms with Gasteiger partial charge in [-0.15, -0.1) is 0 Å². The van der Waals surface area contributed by atoms with Crippen LogP contribution in [0.2, 0.25) is 0 Å². The van der Waals surface area contributed by atoms with Crippen molar-refractivity contribution in [2.24, 2.45) is 11.7 Å². The molecule has 1 aromatic carbocycles. The summed E-state index contributed by atoms with van der Waals surface area (Å²) in [5.74, 6) is 1.42. The van der Waals surface area contributed by atoms with Gasteiger partial charge in [-0.05, 0) is 49.4 Å². The van der Waals surface area contributed by atoms with Gasteiger partial charge in [-0.2, -0.15) is 0 Å². The zero-order valence-corrected chi connectivity index (χ0v) is 13.4. The normalized spacial score (nSPS) is 18.3. The Hall–Kier alpha value is -1.14. The molecule has 0 amide bonds. The Bertz CT molecular complexity index is 434. The van der Waals surface area contributed by atoms with Crippen LogP contribution in [-0.2, 0) is 4.74 Å². The Morgan fingerprint density at radius 2 is 2.14 bits per heavy atom. The van der Waals surface area contributed by atoms with E-state index in [-0.39, 0.29) is 0 Å². The van der Waals surface area contributed by atoms with Crippen LogP contribution in [0.3, 0.4) is 0 Å². The molecule has 5 nitrogen and oxygen atoms in total. The number of hydrogen-bond acceptors (Lipinski definition) is 5. The minimum atomic E-state index is -0.508. The fourth-order valence-electron chi connectivity index (χ4n) is 2.81. The summed E-state index contributed by atoms with van der Waals surface area (Å²) in [4.78, 5) is 2.32. The number of ether oxygens (including phenoxy) is 2. The van der Waals surface area contributed by atoms with Gasteiger partial charge in [-0.3, -0.25) is 4.90 Å². The second-order valence-corrected chi connectivity index (χ2v) is 5.96. The molecule has 5 heteroatoms. The number of aliphatic hydroxyl groups excluding tert-OH is 1. The van der Waals surface area contributed by atoms with E-state index in [2.05, 4.69) is 4.90 Å². The summed E-state index contributed by atoms with van der Waals surface area (Å²) in [7, 11) is 1.74. The molecule has 22 heavy (non-hydrogen) atoms. The summed E-state index contributed by atoms with van der Waals surface area (Å²) in [6, 6.07) is 7.70. The largest absolute Gasteiger partial charge is 0.493 e. The van der Waals surface area contributed by atoms with E-state index >= 15 is 0 Å². The molecular formula is C17H28N2O3. The molecule has 3 N–H and O–H groups in total. The van der Waals surface area contributed by atoms with Crippen molar-refractivity contribution in [3.05, 3.63) is 29.8 Å². The van der Waals surface area contributed by atoms with E-state index in [1.165, 1.54) is 0 Å². The maximum Gasteiger partial charge on any atom is 0.119 e. The molecule has 2 rings (SSSR count). The number of likely N-dealkylation sites (tertiary alicyclic amines) is 1. The lowest BCUT2D eigenvalue weighted by Crippen LogP contribution is -2.36. The van der Waals surface area contributed by atoms with E-state index in [0.717, 1.165) is 43.9 Å². The van der Waals surface area contributed by atoms with Crippen molar-refractivity contribution in [3.8, 4) is 5.75 Å². The predicted molar refractivity (Wildman–Crippen MR) is 86.7 cm³/mol. The molecule has 1 fully saturated rings. The fourth-order valence-corrected chi connectivity index (χ4v) is 2.81. The molecule has 1 saturated heterocycles. The van der Waals surface area contributed by atoms with Crippen LogP contribution in [-0.4, -0.2) is 50.1 Å². The lowest BCUT2D eigenvalue weighted by Gasteiger charge is -2.31. The lowest BCUT2D eigenvalue weighted by atomic mass is 9.98. The summed E-state index contributed by atoms with van der Waals surface area (Å²) in [6.07, 6.45) is 2.34. The Morgan fingerprint density at radius 3 is 2.82 bits per heavy atom.